The zero-order chi connectivity index (χ0) is 20.1. The van der Waals surface area contributed by atoms with E-state index >= 15 is 0 Å². The van der Waals surface area contributed by atoms with Crippen LogP contribution in [0.25, 0.3) is 11.1 Å². The largest absolute Gasteiger partial charge is 0.478 e. The maximum atomic E-state index is 11.0. The summed E-state index contributed by atoms with van der Waals surface area (Å²) < 4.78 is 0. The topological polar surface area (TPSA) is 82.8 Å². The van der Waals surface area contributed by atoms with Crippen molar-refractivity contribution in [2.45, 2.75) is 26.7 Å². The molecule has 5 heteroatoms. The second kappa shape index (κ2) is 8.48. The van der Waals surface area contributed by atoms with Crippen LogP contribution in [0.5, 0.6) is 0 Å². The van der Waals surface area contributed by atoms with E-state index in [-0.39, 0.29) is 5.56 Å². The van der Waals surface area contributed by atoms with Crippen LogP contribution in [0.2, 0.25) is 0 Å². The molecule has 0 aliphatic heterocycles. The third kappa shape index (κ3) is 4.26. The van der Waals surface area contributed by atoms with E-state index in [2.05, 4.69) is 10.1 Å². The van der Waals surface area contributed by atoms with Gasteiger partial charge < -0.3 is 10.3 Å². The van der Waals surface area contributed by atoms with Crippen LogP contribution in [-0.2, 0) is 6.42 Å². The maximum absolute atomic E-state index is 11.0. The average Bonchev–Trinajstić information content (AvgIpc) is 2.70. The number of carboxylic acids is 1. The Labute approximate surface area is 164 Å². The number of benzene rings is 2. The third-order valence-corrected chi connectivity index (χ3v) is 4.82. The van der Waals surface area contributed by atoms with Crippen molar-refractivity contribution in [2.75, 3.05) is 0 Å². The molecule has 0 bridgehead atoms. The Morgan fingerprint density at radius 1 is 1.07 bits per heavy atom. The van der Waals surface area contributed by atoms with Crippen LogP contribution in [0, 0.1) is 13.8 Å². The molecule has 0 aliphatic rings. The van der Waals surface area contributed by atoms with Gasteiger partial charge in [0.1, 0.15) is 0 Å². The Hall–Kier alpha value is -3.47. The molecule has 2 N–H and O–H groups in total. The van der Waals surface area contributed by atoms with Crippen LogP contribution >= 0.6 is 0 Å². The van der Waals surface area contributed by atoms with Gasteiger partial charge >= 0.3 is 5.97 Å². The fourth-order valence-corrected chi connectivity index (χ4v) is 3.29. The van der Waals surface area contributed by atoms with Crippen molar-refractivity contribution < 1.29 is 15.1 Å². The molecule has 2 aromatic carbocycles. The highest BCUT2D eigenvalue weighted by Crippen LogP contribution is 2.27. The number of carbonyl (C=O) groups is 1. The minimum atomic E-state index is -0.942. The van der Waals surface area contributed by atoms with E-state index in [0.29, 0.717) is 18.6 Å². The SMILES string of the molecule is Cc1cc(-c2cccc(/C(CCc3ccc(C(=O)O)cc3)=N/O)c2C)ccn1. The molecule has 1 aromatic heterocycles. The smallest absolute Gasteiger partial charge is 0.335 e. The average molecular weight is 374 g/mol. The molecule has 0 unspecified atom stereocenters. The van der Waals surface area contributed by atoms with Crippen LogP contribution in [0.4, 0.5) is 0 Å². The van der Waals surface area contributed by atoms with Gasteiger partial charge in [0, 0.05) is 17.5 Å². The van der Waals surface area contributed by atoms with Gasteiger partial charge in [0.15, 0.2) is 0 Å². The van der Waals surface area contributed by atoms with E-state index in [0.717, 1.165) is 33.5 Å². The molecule has 0 spiro atoms. The zero-order valence-electron chi connectivity index (χ0n) is 15.9. The molecule has 3 aromatic rings. The first-order valence-electron chi connectivity index (χ1n) is 9.05. The van der Waals surface area contributed by atoms with Gasteiger partial charge in [-0.1, -0.05) is 35.5 Å². The third-order valence-electron chi connectivity index (χ3n) is 4.82. The fourth-order valence-electron chi connectivity index (χ4n) is 3.29. The summed E-state index contributed by atoms with van der Waals surface area (Å²) in [5, 5.41) is 22.1. The first kappa shape index (κ1) is 19.3. The summed E-state index contributed by atoms with van der Waals surface area (Å²) in [4.78, 5) is 15.2. The van der Waals surface area contributed by atoms with Crippen molar-refractivity contribution in [3.8, 4) is 11.1 Å². The summed E-state index contributed by atoms with van der Waals surface area (Å²) in [6.07, 6.45) is 2.98. The van der Waals surface area contributed by atoms with E-state index in [9.17, 15) is 10.0 Å². The standard InChI is InChI=1S/C23H22N2O3/c1-15-14-19(12-13-24-15)20-4-3-5-21(16(20)2)22(25-28)11-8-17-6-9-18(10-7-17)23(26)27/h3-7,9-10,12-14,28H,8,11H2,1-2H3,(H,26,27)/b25-22+. The molecule has 3 rings (SSSR count). The summed E-state index contributed by atoms with van der Waals surface area (Å²) in [7, 11) is 0. The van der Waals surface area contributed by atoms with Crippen molar-refractivity contribution in [1.29, 1.82) is 0 Å². The van der Waals surface area contributed by atoms with Crippen molar-refractivity contribution in [3.05, 3.63) is 88.7 Å². The fraction of sp³-hybridized carbons (Fsp3) is 0.174. The molecule has 28 heavy (non-hydrogen) atoms. The van der Waals surface area contributed by atoms with Gasteiger partial charge in [-0.25, -0.2) is 4.79 Å². The normalized spacial score (nSPS) is 11.4. The molecule has 0 saturated carbocycles. The number of pyridine rings is 1. The molecule has 0 saturated heterocycles. The first-order chi connectivity index (χ1) is 13.5. The Morgan fingerprint density at radius 2 is 1.82 bits per heavy atom. The van der Waals surface area contributed by atoms with E-state index in [1.165, 1.54) is 0 Å². The second-order valence-electron chi connectivity index (χ2n) is 6.71. The Bertz CT molecular complexity index is 1020. The highest BCUT2D eigenvalue weighted by atomic mass is 16.4. The van der Waals surface area contributed by atoms with Gasteiger partial charge in [0.05, 0.1) is 11.3 Å². The molecular formula is C23H22N2O3. The summed E-state index contributed by atoms with van der Waals surface area (Å²) in [6, 6.07) is 16.7. The summed E-state index contributed by atoms with van der Waals surface area (Å²) >= 11 is 0. The summed E-state index contributed by atoms with van der Waals surface area (Å²) in [5.41, 5.74) is 6.90. The number of aryl methyl sites for hydroxylation is 2. The molecule has 1 heterocycles. The number of oxime groups is 1. The molecule has 142 valence electrons. The van der Waals surface area contributed by atoms with Crippen LogP contribution in [-0.4, -0.2) is 27.0 Å². The minimum absolute atomic E-state index is 0.260. The van der Waals surface area contributed by atoms with Gasteiger partial charge in [-0.15, -0.1) is 0 Å². The summed E-state index contributed by atoms with van der Waals surface area (Å²) in [5.74, 6) is -0.942. The van der Waals surface area contributed by atoms with Gasteiger partial charge in [0.25, 0.3) is 0 Å². The molecule has 0 atom stereocenters. The zero-order valence-corrected chi connectivity index (χ0v) is 15.9. The molecule has 0 amide bonds. The summed E-state index contributed by atoms with van der Waals surface area (Å²) in [6.45, 7) is 3.98. The lowest BCUT2D eigenvalue weighted by atomic mass is 9.92. The van der Waals surface area contributed by atoms with Gasteiger partial charge in [-0.3, -0.25) is 4.98 Å². The van der Waals surface area contributed by atoms with E-state index in [1.54, 1.807) is 30.5 Å². The Balaban J connectivity index is 1.83. The number of nitrogens with zero attached hydrogens (tertiary/aromatic N) is 2. The van der Waals surface area contributed by atoms with Crippen molar-refractivity contribution in [3.63, 3.8) is 0 Å². The van der Waals surface area contributed by atoms with Gasteiger partial charge in [0.2, 0.25) is 0 Å². The molecule has 0 fully saturated rings. The van der Waals surface area contributed by atoms with Gasteiger partial charge in [-0.2, -0.15) is 0 Å². The maximum Gasteiger partial charge on any atom is 0.335 e. The van der Waals surface area contributed by atoms with E-state index < -0.39 is 5.97 Å². The Morgan fingerprint density at radius 3 is 2.46 bits per heavy atom. The number of hydrogen-bond acceptors (Lipinski definition) is 4. The minimum Gasteiger partial charge on any atom is -0.478 e. The quantitative estimate of drug-likeness (QED) is 0.366. The van der Waals surface area contributed by atoms with Crippen molar-refractivity contribution >= 4 is 11.7 Å². The predicted octanol–water partition coefficient (Wildman–Crippen LogP) is 4.87. The van der Waals surface area contributed by atoms with E-state index in [4.69, 9.17) is 5.11 Å². The highest BCUT2D eigenvalue weighted by molar-refractivity contribution is 6.02. The van der Waals surface area contributed by atoms with Crippen LogP contribution in [0.15, 0.2) is 65.9 Å². The lowest BCUT2D eigenvalue weighted by Gasteiger charge is -2.13. The second-order valence-corrected chi connectivity index (χ2v) is 6.71. The first-order valence-corrected chi connectivity index (χ1v) is 9.05. The van der Waals surface area contributed by atoms with Crippen LogP contribution in [0.3, 0.4) is 0 Å². The van der Waals surface area contributed by atoms with Crippen LogP contribution in [0.1, 0.15) is 39.2 Å². The van der Waals surface area contributed by atoms with E-state index in [1.807, 2.05) is 44.2 Å². The number of rotatable bonds is 6. The Kier molecular flexibility index (Phi) is 5.84. The monoisotopic (exact) mass is 374 g/mol. The number of hydrogen-bond donors (Lipinski definition) is 2. The van der Waals surface area contributed by atoms with Crippen molar-refractivity contribution in [2.24, 2.45) is 5.16 Å². The number of aromatic carboxylic acids is 1. The number of carboxylic acid groups (broad SMARTS) is 1. The lowest BCUT2D eigenvalue weighted by Crippen LogP contribution is -2.06. The predicted molar refractivity (Wildman–Crippen MR) is 109 cm³/mol. The number of aromatic nitrogens is 1. The highest BCUT2D eigenvalue weighted by Gasteiger charge is 2.13. The van der Waals surface area contributed by atoms with Gasteiger partial charge in [-0.05, 0) is 73.2 Å². The molecule has 0 radical (unpaired) electrons. The van der Waals surface area contributed by atoms with Crippen molar-refractivity contribution in [1.82, 2.24) is 4.98 Å². The lowest BCUT2D eigenvalue weighted by molar-refractivity contribution is 0.0697. The molecule has 5 nitrogen and oxygen atoms in total. The molecular weight excluding hydrogens is 352 g/mol. The van der Waals surface area contributed by atoms with Crippen LogP contribution < -0.4 is 0 Å². The molecule has 0 aliphatic carbocycles.